The molecule has 2 rings (SSSR count). The van der Waals surface area contributed by atoms with Gasteiger partial charge >= 0.3 is 21.7 Å². The Labute approximate surface area is 160 Å². The number of alkyl halides is 3. The fourth-order valence-corrected chi connectivity index (χ4v) is 3.28. The highest BCUT2D eigenvalue weighted by molar-refractivity contribution is 7.88. The van der Waals surface area contributed by atoms with Gasteiger partial charge in [0.1, 0.15) is 5.60 Å². The van der Waals surface area contributed by atoms with Crippen molar-refractivity contribution in [2.24, 2.45) is 0 Å². The van der Waals surface area contributed by atoms with Gasteiger partial charge in [0.2, 0.25) is 0 Å². The molecule has 1 aromatic rings. The van der Waals surface area contributed by atoms with Crippen molar-refractivity contribution in [3.63, 3.8) is 0 Å². The molecule has 0 saturated heterocycles. The SMILES string of the molecule is CC(C)(C)OC(=O)N1CCc2ccc(Cl)c(OS(=O)(=O)C(F)(F)F)c2CC1. The van der Waals surface area contributed by atoms with Crippen LogP contribution in [0.25, 0.3) is 0 Å². The highest BCUT2D eigenvalue weighted by Crippen LogP contribution is 2.37. The van der Waals surface area contributed by atoms with Gasteiger partial charge in [0.05, 0.1) is 5.02 Å². The molecule has 1 amide bonds. The van der Waals surface area contributed by atoms with Crippen molar-refractivity contribution in [1.29, 1.82) is 0 Å². The molecule has 1 heterocycles. The maximum atomic E-state index is 12.7. The van der Waals surface area contributed by atoms with Gasteiger partial charge in [-0.2, -0.15) is 21.6 Å². The molecule has 1 aliphatic heterocycles. The third kappa shape index (κ3) is 5.19. The average Bonchev–Trinajstić information content (AvgIpc) is 2.70. The predicted octanol–water partition coefficient (Wildman–Crippen LogP) is 3.90. The normalized spacial score (nSPS) is 15.7. The molecule has 1 aromatic carbocycles. The van der Waals surface area contributed by atoms with E-state index in [9.17, 15) is 26.4 Å². The topological polar surface area (TPSA) is 72.9 Å². The summed E-state index contributed by atoms with van der Waals surface area (Å²) in [5.41, 5.74) is -5.50. The number of rotatable bonds is 2. The molecule has 6 nitrogen and oxygen atoms in total. The highest BCUT2D eigenvalue weighted by Gasteiger charge is 2.49. The third-order valence-corrected chi connectivity index (χ3v) is 4.97. The first-order chi connectivity index (χ1) is 12.2. The predicted molar refractivity (Wildman–Crippen MR) is 92.3 cm³/mol. The van der Waals surface area contributed by atoms with Gasteiger partial charge < -0.3 is 13.8 Å². The molecule has 27 heavy (non-hydrogen) atoms. The lowest BCUT2D eigenvalue weighted by atomic mass is 10.0. The first-order valence-electron chi connectivity index (χ1n) is 8.00. The number of halogens is 4. The molecular weight excluding hydrogens is 411 g/mol. The van der Waals surface area contributed by atoms with Crippen LogP contribution in [0.4, 0.5) is 18.0 Å². The minimum Gasteiger partial charge on any atom is -0.444 e. The first kappa shape index (κ1) is 21.6. The summed E-state index contributed by atoms with van der Waals surface area (Å²) in [4.78, 5) is 13.6. The Morgan fingerprint density at radius 3 is 2.30 bits per heavy atom. The Balaban J connectivity index is 2.30. The van der Waals surface area contributed by atoms with Gasteiger partial charge in [-0.1, -0.05) is 17.7 Å². The van der Waals surface area contributed by atoms with E-state index in [2.05, 4.69) is 4.18 Å². The van der Waals surface area contributed by atoms with Gasteiger partial charge in [0, 0.05) is 18.7 Å². The first-order valence-corrected chi connectivity index (χ1v) is 9.79. The Morgan fingerprint density at radius 2 is 1.74 bits per heavy atom. The second-order valence-corrected chi connectivity index (χ2v) is 8.91. The number of fused-ring (bicyclic) bond motifs is 1. The Kier molecular flexibility index (Phi) is 5.91. The van der Waals surface area contributed by atoms with Crippen molar-refractivity contribution in [1.82, 2.24) is 4.90 Å². The summed E-state index contributed by atoms with van der Waals surface area (Å²) < 4.78 is 70.4. The van der Waals surface area contributed by atoms with E-state index < -0.39 is 33.1 Å². The second-order valence-electron chi connectivity index (χ2n) is 6.96. The number of nitrogens with zero attached hydrogens (tertiary/aromatic N) is 1. The van der Waals surface area contributed by atoms with Gasteiger partial charge in [-0.3, -0.25) is 0 Å². The molecule has 0 aromatic heterocycles. The summed E-state index contributed by atoms with van der Waals surface area (Å²) in [7, 11) is -5.86. The summed E-state index contributed by atoms with van der Waals surface area (Å²) in [5, 5.41) is -0.257. The zero-order valence-corrected chi connectivity index (χ0v) is 16.5. The maximum absolute atomic E-state index is 12.7. The standard InChI is InChI=1S/C16H19ClF3NO5S/c1-15(2,3)25-14(22)21-8-6-10-4-5-12(17)13(11(10)7-9-21)26-27(23,24)16(18,19)20/h4-5H,6-9H2,1-3H3. The lowest BCUT2D eigenvalue weighted by Crippen LogP contribution is -2.38. The van der Waals surface area contributed by atoms with E-state index in [1.54, 1.807) is 26.8 Å². The second kappa shape index (κ2) is 7.38. The van der Waals surface area contributed by atoms with Gasteiger partial charge in [-0.25, -0.2) is 4.79 Å². The van der Waals surface area contributed by atoms with Gasteiger partial charge in [-0.15, -0.1) is 0 Å². The summed E-state index contributed by atoms with van der Waals surface area (Å²) in [6.45, 7) is 5.52. The smallest absolute Gasteiger partial charge is 0.444 e. The van der Waals surface area contributed by atoms with Gasteiger partial charge in [0.25, 0.3) is 0 Å². The van der Waals surface area contributed by atoms with Crippen LogP contribution < -0.4 is 4.18 Å². The summed E-state index contributed by atoms with van der Waals surface area (Å²) in [6, 6.07) is 2.84. The molecule has 152 valence electrons. The third-order valence-electron chi connectivity index (χ3n) is 3.72. The van der Waals surface area contributed by atoms with E-state index in [0.29, 0.717) is 5.56 Å². The van der Waals surface area contributed by atoms with E-state index in [1.807, 2.05) is 0 Å². The van der Waals surface area contributed by atoms with Crippen LogP contribution in [-0.2, 0) is 27.7 Å². The summed E-state index contributed by atoms with van der Waals surface area (Å²) >= 11 is 5.89. The molecular formula is C16H19ClF3NO5S. The van der Waals surface area contributed by atoms with E-state index in [0.717, 1.165) is 0 Å². The molecule has 0 saturated carbocycles. The number of ether oxygens (including phenoxy) is 1. The van der Waals surface area contributed by atoms with Crippen LogP contribution in [0.1, 0.15) is 31.9 Å². The molecule has 0 atom stereocenters. The maximum Gasteiger partial charge on any atom is 0.534 e. The number of amides is 1. The van der Waals surface area contributed by atoms with Crippen molar-refractivity contribution in [2.75, 3.05) is 13.1 Å². The lowest BCUT2D eigenvalue weighted by molar-refractivity contribution is -0.0500. The van der Waals surface area contributed by atoms with E-state index in [-0.39, 0.29) is 36.5 Å². The van der Waals surface area contributed by atoms with Crippen molar-refractivity contribution in [3.05, 3.63) is 28.3 Å². The van der Waals surface area contributed by atoms with Crippen LogP contribution in [0, 0.1) is 0 Å². The summed E-state index contributed by atoms with van der Waals surface area (Å²) in [6.07, 6.45) is -0.210. The quantitative estimate of drug-likeness (QED) is 0.526. The van der Waals surface area contributed by atoms with Crippen molar-refractivity contribution < 1.29 is 35.3 Å². The van der Waals surface area contributed by atoms with Crippen molar-refractivity contribution in [3.8, 4) is 5.75 Å². The number of hydrogen-bond acceptors (Lipinski definition) is 5. The van der Waals surface area contributed by atoms with Crippen molar-refractivity contribution in [2.45, 2.75) is 44.7 Å². The van der Waals surface area contributed by atoms with Gasteiger partial charge in [-0.05, 0) is 45.2 Å². The minimum atomic E-state index is -5.86. The number of benzene rings is 1. The Morgan fingerprint density at radius 1 is 1.15 bits per heavy atom. The van der Waals surface area contributed by atoms with E-state index in [4.69, 9.17) is 16.3 Å². The van der Waals surface area contributed by atoms with Crippen LogP contribution in [0.5, 0.6) is 5.75 Å². The van der Waals surface area contributed by atoms with Crippen LogP contribution in [0.3, 0.4) is 0 Å². The van der Waals surface area contributed by atoms with E-state index in [1.165, 1.54) is 11.0 Å². The van der Waals surface area contributed by atoms with Gasteiger partial charge in [0.15, 0.2) is 5.75 Å². The molecule has 0 unspecified atom stereocenters. The van der Waals surface area contributed by atoms with E-state index >= 15 is 0 Å². The molecule has 0 N–H and O–H groups in total. The zero-order valence-electron chi connectivity index (χ0n) is 14.9. The molecule has 0 aliphatic carbocycles. The molecule has 11 heteroatoms. The number of carbonyl (C=O) groups excluding carboxylic acids is 1. The fourth-order valence-electron chi connectivity index (χ4n) is 2.52. The molecule has 0 fully saturated rings. The average molecular weight is 430 g/mol. The van der Waals surface area contributed by atoms with Crippen LogP contribution in [-0.4, -0.2) is 43.6 Å². The van der Waals surface area contributed by atoms with Crippen molar-refractivity contribution >= 4 is 27.8 Å². The Bertz CT molecular complexity index is 834. The van der Waals surface area contributed by atoms with Crippen LogP contribution in [0.2, 0.25) is 5.02 Å². The monoisotopic (exact) mass is 429 g/mol. The minimum absolute atomic E-state index is 0.0673. The number of carbonyl (C=O) groups is 1. The fraction of sp³-hybridized carbons (Fsp3) is 0.562. The highest BCUT2D eigenvalue weighted by atomic mass is 35.5. The van der Waals surface area contributed by atoms with Crippen LogP contribution >= 0.6 is 11.6 Å². The van der Waals surface area contributed by atoms with Crippen LogP contribution in [0.15, 0.2) is 12.1 Å². The molecule has 1 aliphatic rings. The molecule has 0 bridgehead atoms. The summed E-state index contributed by atoms with van der Waals surface area (Å²) in [5.74, 6) is -0.558. The largest absolute Gasteiger partial charge is 0.534 e. The molecule has 0 spiro atoms. The number of hydrogen-bond donors (Lipinski definition) is 0. The molecule has 0 radical (unpaired) electrons. The Hall–Kier alpha value is -1.68. The zero-order chi connectivity index (χ0) is 20.6. The lowest BCUT2D eigenvalue weighted by Gasteiger charge is -2.26.